The summed E-state index contributed by atoms with van der Waals surface area (Å²) >= 11 is 0. The molecule has 0 radical (unpaired) electrons. The molecule has 20 heavy (non-hydrogen) atoms. The summed E-state index contributed by atoms with van der Waals surface area (Å²) in [5.41, 5.74) is 0.287. The van der Waals surface area contributed by atoms with Crippen LogP contribution in [0.15, 0.2) is 18.2 Å². The van der Waals surface area contributed by atoms with Crippen molar-refractivity contribution in [3.05, 3.63) is 23.8 Å². The fourth-order valence-corrected chi connectivity index (χ4v) is 2.78. The third-order valence-electron chi connectivity index (χ3n) is 3.94. The molecule has 1 fully saturated rings. The summed E-state index contributed by atoms with van der Waals surface area (Å²) in [7, 11) is 0. The highest BCUT2D eigenvalue weighted by atomic mass is 19.4. The average Bonchev–Trinajstić information content (AvgIpc) is 2.37. The minimum atomic E-state index is -4.20. The van der Waals surface area contributed by atoms with Crippen molar-refractivity contribution in [2.75, 3.05) is 13.1 Å². The van der Waals surface area contributed by atoms with E-state index in [0.29, 0.717) is 13.0 Å². The molecule has 0 bridgehead atoms. The quantitative estimate of drug-likeness (QED) is 0.876. The van der Waals surface area contributed by atoms with E-state index in [-0.39, 0.29) is 30.0 Å². The minimum Gasteiger partial charge on any atom is -0.507 e. The molecule has 1 aliphatic heterocycles. The van der Waals surface area contributed by atoms with Gasteiger partial charge in [0.1, 0.15) is 11.5 Å². The Kier molecular flexibility index (Phi) is 4.13. The molecular formula is C14H18F3NO2. The zero-order chi connectivity index (χ0) is 14.9. The van der Waals surface area contributed by atoms with Crippen LogP contribution in [0.1, 0.15) is 31.4 Å². The zero-order valence-corrected chi connectivity index (χ0v) is 11.2. The monoisotopic (exact) mass is 289 g/mol. The normalized spacial score (nSPS) is 22.7. The van der Waals surface area contributed by atoms with Gasteiger partial charge in [-0.1, -0.05) is 6.07 Å². The first-order valence-electron chi connectivity index (χ1n) is 6.62. The number of rotatable bonds is 2. The minimum absolute atomic E-state index is 0.0911. The second kappa shape index (κ2) is 5.52. The summed E-state index contributed by atoms with van der Waals surface area (Å²) < 4.78 is 38.4. The summed E-state index contributed by atoms with van der Waals surface area (Å²) in [5.74, 6) is -1.52. The number of halogens is 3. The summed E-state index contributed by atoms with van der Waals surface area (Å²) in [5, 5.41) is 19.6. The van der Waals surface area contributed by atoms with Gasteiger partial charge in [-0.15, -0.1) is 0 Å². The summed E-state index contributed by atoms with van der Waals surface area (Å²) in [4.78, 5) is 1.66. The Bertz CT molecular complexity index is 456. The summed E-state index contributed by atoms with van der Waals surface area (Å²) in [6.45, 7) is 2.13. The van der Waals surface area contributed by atoms with E-state index in [9.17, 15) is 23.4 Å². The lowest BCUT2D eigenvalue weighted by Gasteiger charge is -2.37. The van der Waals surface area contributed by atoms with Crippen molar-refractivity contribution in [1.29, 1.82) is 0 Å². The van der Waals surface area contributed by atoms with Gasteiger partial charge in [0.15, 0.2) is 0 Å². The summed E-state index contributed by atoms with van der Waals surface area (Å²) in [6.07, 6.45) is -3.60. The number of phenolic OH excluding ortho intramolecular Hbond substituents is 2. The van der Waals surface area contributed by atoms with Crippen LogP contribution in [0.4, 0.5) is 13.2 Å². The molecule has 0 saturated carbocycles. The van der Waals surface area contributed by atoms with Crippen LogP contribution >= 0.6 is 0 Å². The molecule has 2 N–H and O–H groups in total. The van der Waals surface area contributed by atoms with Crippen molar-refractivity contribution < 1.29 is 23.4 Å². The van der Waals surface area contributed by atoms with E-state index in [1.54, 1.807) is 11.8 Å². The van der Waals surface area contributed by atoms with Gasteiger partial charge in [-0.2, -0.15) is 13.2 Å². The molecule has 1 aromatic rings. The SMILES string of the molecule is CC(c1c(O)cccc1O)N1CCCC(C(F)(F)F)C1. The first-order valence-corrected chi connectivity index (χ1v) is 6.62. The molecule has 1 aromatic carbocycles. The maximum absolute atomic E-state index is 12.8. The highest BCUT2D eigenvalue weighted by molar-refractivity contribution is 5.45. The molecule has 6 heteroatoms. The van der Waals surface area contributed by atoms with Crippen LogP contribution < -0.4 is 0 Å². The van der Waals surface area contributed by atoms with E-state index in [1.165, 1.54) is 18.2 Å². The van der Waals surface area contributed by atoms with Crippen LogP contribution in [0.5, 0.6) is 11.5 Å². The number of likely N-dealkylation sites (tertiary alicyclic amines) is 1. The Hall–Kier alpha value is -1.43. The van der Waals surface area contributed by atoms with E-state index in [0.717, 1.165) is 0 Å². The van der Waals surface area contributed by atoms with E-state index in [2.05, 4.69) is 0 Å². The predicted molar refractivity (Wildman–Crippen MR) is 68.5 cm³/mol. The van der Waals surface area contributed by atoms with Crippen LogP contribution in [0.25, 0.3) is 0 Å². The Morgan fingerprint density at radius 1 is 1.25 bits per heavy atom. The molecule has 2 unspecified atom stereocenters. The molecule has 0 aromatic heterocycles. The number of nitrogens with zero attached hydrogens (tertiary/aromatic N) is 1. The highest BCUT2D eigenvalue weighted by Gasteiger charge is 2.42. The zero-order valence-electron chi connectivity index (χ0n) is 11.2. The molecule has 2 atom stereocenters. The lowest BCUT2D eigenvalue weighted by molar-refractivity contribution is -0.188. The van der Waals surface area contributed by atoms with Gasteiger partial charge in [0, 0.05) is 12.6 Å². The van der Waals surface area contributed by atoms with E-state index < -0.39 is 18.1 Å². The number of benzene rings is 1. The van der Waals surface area contributed by atoms with Gasteiger partial charge in [0.25, 0.3) is 0 Å². The number of hydrogen-bond acceptors (Lipinski definition) is 3. The van der Waals surface area contributed by atoms with Gasteiger partial charge in [0.2, 0.25) is 0 Å². The van der Waals surface area contributed by atoms with Crippen LogP contribution in [0.3, 0.4) is 0 Å². The maximum atomic E-state index is 12.8. The third-order valence-corrected chi connectivity index (χ3v) is 3.94. The standard InChI is InChI=1S/C14H18F3NO2/c1-9(13-11(19)5-2-6-12(13)20)18-7-3-4-10(8-18)14(15,16)17/h2,5-6,9-10,19-20H,3-4,7-8H2,1H3. The molecule has 0 aliphatic carbocycles. The number of aromatic hydroxyl groups is 2. The lowest BCUT2D eigenvalue weighted by atomic mass is 9.94. The summed E-state index contributed by atoms with van der Waals surface area (Å²) in [6, 6.07) is 3.89. The van der Waals surface area contributed by atoms with Gasteiger partial charge in [-0.3, -0.25) is 4.90 Å². The maximum Gasteiger partial charge on any atom is 0.393 e. The molecule has 1 saturated heterocycles. The average molecular weight is 289 g/mol. The Balaban J connectivity index is 2.19. The van der Waals surface area contributed by atoms with E-state index >= 15 is 0 Å². The molecule has 3 nitrogen and oxygen atoms in total. The van der Waals surface area contributed by atoms with Crippen LogP contribution in [-0.4, -0.2) is 34.4 Å². The van der Waals surface area contributed by atoms with Gasteiger partial charge >= 0.3 is 6.18 Å². The van der Waals surface area contributed by atoms with Gasteiger partial charge in [-0.05, 0) is 38.4 Å². The van der Waals surface area contributed by atoms with Crippen molar-refractivity contribution in [2.24, 2.45) is 5.92 Å². The van der Waals surface area contributed by atoms with Gasteiger partial charge in [0.05, 0.1) is 11.5 Å². The topological polar surface area (TPSA) is 43.7 Å². The highest BCUT2D eigenvalue weighted by Crippen LogP contribution is 2.40. The van der Waals surface area contributed by atoms with Crippen LogP contribution in [0.2, 0.25) is 0 Å². The van der Waals surface area contributed by atoms with Crippen molar-refractivity contribution in [3.63, 3.8) is 0 Å². The number of hydrogen-bond donors (Lipinski definition) is 2. The Morgan fingerprint density at radius 2 is 1.85 bits per heavy atom. The molecule has 1 aliphatic rings. The molecule has 2 rings (SSSR count). The first kappa shape index (κ1) is 15.0. The first-order chi connectivity index (χ1) is 9.30. The fraction of sp³-hybridized carbons (Fsp3) is 0.571. The van der Waals surface area contributed by atoms with Crippen molar-refractivity contribution in [1.82, 2.24) is 4.90 Å². The van der Waals surface area contributed by atoms with Crippen LogP contribution in [-0.2, 0) is 0 Å². The van der Waals surface area contributed by atoms with E-state index in [1.807, 2.05) is 0 Å². The lowest BCUT2D eigenvalue weighted by Crippen LogP contribution is -2.42. The Labute approximate surface area is 115 Å². The third kappa shape index (κ3) is 3.00. The van der Waals surface area contributed by atoms with E-state index in [4.69, 9.17) is 0 Å². The van der Waals surface area contributed by atoms with Crippen LogP contribution in [0, 0.1) is 5.92 Å². The fourth-order valence-electron chi connectivity index (χ4n) is 2.78. The van der Waals surface area contributed by atoms with Crippen molar-refractivity contribution >= 4 is 0 Å². The Morgan fingerprint density at radius 3 is 2.40 bits per heavy atom. The molecule has 1 heterocycles. The predicted octanol–water partition coefficient (Wildman–Crippen LogP) is 3.43. The molecule has 112 valence electrons. The smallest absolute Gasteiger partial charge is 0.393 e. The molecule has 0 amide bonds. The van der Waals surface area contributed by atoms with Crippen molar-refractivity contribution in [3.8, 4) is 11.5 Å². The number of phenols is 2. The molecular weight excluding hydrogens is 271 g/mol. The van der Waals surface area contributed by atoms with Crippen molar-refractivity contribution in [2.45, 2.75) is 32.0 Å². The number of piperidine rings is 1. The second-order valence-corrected chi connectivity index (χ2v) is 5.26. The van der Waals surface area contributed by atoms with Gasteiger partial charge < -0.3 is 10.2 Å². The van der Waals surface area contributed by atoms with Gasteiger partial charge in [-0.25, -0.2) is 0 Å². The molecule has 0 spiro atoms. The second-order valence-electron chi connectivity index (χ2n) is 5.26. The number of alkyl halides is 3. The largest absolute Gasteiger partial charge is 0.507 e.